The topological polar surface area (TPSA) is 104 Å². The minimum absolute atomic E-state index is 0. The monoisotopic (exact) mass is 359 g/mol. The Balaban J connectivity index is 0.000000980. The Morgan fingerprint density at radius 1 is 1.14 bits per heavy atom. The van der Waals surface area contributed by atoms with Crippen molar-refractivity contribution >= 4 is 22.9 Å². The van der Waals surface area contributed by atoms with Crippen LogP contribution >= 0.6 is 0 Å². The van der Waals surface area contributed by atoms with Gasteiger partial charge in [0, 0.05) is 21.1 Å². The molecule has 0 aromatic carbocycles. The molecule has 72 valence electrons. The third-order valence-corrected chi connectivity index (χ3v) is 1.50. The van der Waals surface area contributed by atoms with Gasteiger partial charge in [0.25, 0.3) is 0 Å². The molecule has 0 aliphatic rings. The maximum atomic E-state index is 5.56. The van der Waals surface area contributed by atoms with Crippen LogP contribution in [0, 0.1) is 6.92 Å². The van der Waals surface area contributed by atoms with Gasteiger partial charge in [0.2, 0.25) is 5.95 Å². The first-order valence-corrected chi connectivity index (χ1v) is 3.54. The fraction of sp³-hybridized carbons (Fsp3) is 0. The molecular formula is C7H7N6W-. The van der Waals surface area contributed by atoms with E-state index in [-0.39, 0.29) is 32.8 Å². The Morgan fingerprint density at radius 3 is 2.57 bits per heavy atom. The molecule has 0 bridgehead atoms. The summed E-state index contributed by atoms with van der Waals surface area (Å²) in [6, 6.07) is 0. The average molecular weight is 359 g/mol. The molecule has 0 amide bonds. The first kappa shape index (κ1) is 10.7. The normalized spacial score (nSPS) is 9.71. The molecule has 2 heterocycles. The van der Waals surface area contributed by atoms with E-state index in [1.807, 2.05) is 0 Å². The summed E-state index contributed by atoms with van der Waals surface area (Å²) in [5, 5.41) is 0. The van der Waals surface area contributed by atoms with Crippen molar-refractivity contribution in [3.8, 4) is 0 Å². The molecule has 2 aromatic heterocycles. The van der Waals surface area contributed by atoms with E-state index in [9.17, 15) is 0 Å². The van der Waals surface area contributed by atoms with Crippen molar-refractivity contribution in [2.45, 2.75) is 0 Å². The summed E-state index contributed by atoms with van der Waals surface area (Å²) in [5.74, 6) is 0.316. The summed E-state index contributed by atoms with van der Waals surface area (Å²) >= 11 is 0. The van der Waals surface area contributed by atoms with Gasteiger partial charge >= 0.3 is 0 Å². The molecule has 0 radical (unpaired) electrons. The quantitative estimate of drug-likeness (QED) is 0.630. The Labute approximate surface area is 94.4 Å². The largest absolute Gasteiger partial charge is 0.382 e. The number of aromatic nitrogens is 4. The smallest absolute Gasteiger partial charge is 0.224 e. The third-order valence-electron chi connectivity index (χ3n) is 1.50. The van der Waals surface area contributed by atoms with Crippen molar-refractivity contribution in [1.29, 1.82) is 0 Å². The van der Waals surface area contributed by atoms with E-state index in [2.05, 4.69) is 26.9 Å². The van der Waals surface area contributed by atoms with E-state index in [1.54, 1.807) is 0 Å². The summed E-state index contributed by atoms with van der Waals surface area (Å²) < 4.78 is 0. The maximum absolute atomic E-state index is 5.56. The molecule has 2 aromatic rings. The number of anilines is 2. The Morgan fingerprint density at radius 2 is 1.86 bits per heavy atom. The van der Waals surface area contributed by atoms with Gasteiger partial charge in [0.05, 0.1) is 0 Å². The molecule has 0 atom stereocenters. The van der Waals surface area contributed by atoms with Crippen LogP contribution < -0.4 is 11.5 Å². The summed E-state index contributed by atoms with van der Waals surface area (Å²) in [6.07, 6.45) is 1.49. The summed E-state index contributed by atoms with van der Waals surface area (Å²) in [7, 11) is 0. The van der Waals surface area contributed by atoms with Gasteiger partial charge in [-0.05, 0) is 0 Å². The molecule has 0 spiro atoms. The zero-order chi connectivity index (χ0) is 9.42. The molecule has 4 N–H and O–H groups in total. The second kappa shape index (κ2) is 3.75. The SMILES string of the molecule is [CH2-]c1cnc2nc(N)nc(N)c2n1.[W]. The van der Waals surface area contributed by atoms with Crippen molar-refractivity contribution in [1.82, 2.24) is 19.9 Å². The molecule has 14 heavy (non-hydrogen) atoms. The molecule has 6 nitrogen and oxygen atoms in total. The van der Waals surface area contributed by atoms with Crippen molar-refractivity contribution in [3.63, 3.8) is 0 Å². The number of hydrogen-bond acceptors (Lipinski definition) is 6. The van der Waals surface area contributed by atoms with E-state index in [0.29, 0.717) is 16.9 Å². The molecule has 0 aliphatic carbocycles. The van der Waals surface area contributed by atoms with E-state index in [4.69, 9.17) is 11.5 Å². The standard InChI is InChI=1S/C7H7N6.W/c1-3-2-10-6-4(11-3)5(8)12-7(9)13-6;/h2H,1H2,(H4,8,9,10,12,13);/q-1;. The van der Waals surface area contributed by atoms with Crippen LogP contribution in [0.5, 0.6) is 0 Å². The van der Waals surface area contributed by atoms with Crippen LogP contribution in [0.3, 0.4) is 0 Å². The minimum atomic E-state index is 0. The number of nitrogen functional groups attached to an aromatic ring is 2. The van der Waals surface area contributed by atoms with Gasteiger partial charge in [0.15, 0.2) is 11.5 Å². The molecule has 0 saturated heterocycles. The Hall–Kier alpha value is -1.42. The third kappa shape index (κ3) is 1.75. The van der Waals surface area contributed by atoms with Crippen LogP contribution in [0.1, 0.15) is 5.69 Å². The molecular weight excluding hydrogens is 352 g/mol. The average Bonchev–Trinajstić information content (AvgIpc) is 2.06. The summed E-state index contributed by atoms with van der Waals surface area (Å²) in [4.78, 5) is 15.6. The molecule has 0 aliphatic heterocycles. The van der Waals surface area contributed by atoms with Gasteiger partial charge in [-0.1, -0.05) is 11.9 Å². The predicted octanol–water partition coefficient (Wildman–Crippen LogP) is -0.236. The van der Waals surface area contributed by atoms with Crippen LogP contribution in [-0.2, 0) is 21.1 Å². The fourth-order valence-electron chi connectivity index (χ4n) is 0.983. The zero-order valence-electron chi connectivity index (χ0n) is 7.14. The first-order valence-electron chi connectivity index (χ1n) is 3.54. The van der Waals surface area contributed by atoms with Gasteiger partial charge in [-0.15, -0.1) is 0 Å². The number of hydrogen-bond donors (Lipinski definition) is 2. The van der Waals surface area contributed by atoms with Gasteiger partial charge in [-0.3, -0.25) is 4.98 Å². The van der Waals surface area contributed by atoms with Crippen LogP contribution in [0.4, 0.5) is 11.8 Å². The van der Waals surface area contributed by atoms with Crippen molar-refractivity contribution < 1.29 is 21.1 Å². The molecule has 0 fully saturated rings. The van der Waals surface area contributed by atoms with Crippen molar-refractivity contribution in [3.05, 3.63) is 18.8 Å². The van der Waals surface area contributed by atoms with E-state index in [1.165, 1.54) is 6.20 Å². The number of nitrogens with two attached hydrogens (primary N) is 2. The van der Waals surface area contributed by atoms with Crippen molar-refractivity contribution in [2.24, 2.45) is 0 Å². The van der Waals surface area contributed by atoms with Crippen molar-refractivity contribution in [2.75, 3.05) is 11.5 Å². The maximum Gasteiger partial charge on any atom is 0.224 e. The van der Waals surface area contributed by atoms with Crippen LogP contribution in [-0.4, -0.2) is 19.9 Å². The molecule has 7 heteroatoms. The number of fused-ring (bicyclic) bond motifs is 1. The summed E-state index contributed by atoms with van der Waals surface area (Å²) in [6.45, 7) is 3.62. The van der Waals surface area contributed by atoms with Crippen LogP contribution in [0.15, 0.2) is 6.20 Å². The van der Waals surface area contributed by atoms with E-state index in [0.717, 1.165) is 0 Å². The molecule has 0 unspecified atom stereocenters. The predicted molar refractivity (Wildman–Crippen MR) is 48.4 cm³/mol. The minimum Gasteiger partial charge on any atom is -0.382 e. The first-order chi connectivity index (χ1) is 6.16. The molecule has 2 rings (SSSR count). The molecule has 0 saturated carbocycles. The second-order valence-corrected chi connectivity index (χ2v) is 2.50. The van der Waals surface area contributed by atoms with Crippen LogP contribution in [0.25, 0.3) is 11.2 Å². The van der Waals surface area contributed by atoms with Gasteiger partial charge in [-0.25, -0.2) is 6.92 Å². The van der Waals surface area contributed by atoms with Gasteiger partial charge < -0.3 is 16.5 Å². The number of nitrogens with zero attached hydrogens (tertiary/aromatic N) is 4. The van der Waals surface area contributed by atoms with Gasteiger partial charge in [-0.2, -0.15) is 9.97 Å². The Bertz CT molecular complexity index is 471. The fourth-order valence-corrected chi connectivity index (χ4v) is 0.983. The second-order valence-electron chi connectivity index (χ2n) is 2.50. The van der Waals surface area contributed by atoms with Crippen LogP contribution in [0.2, 0.25) is 0 Å². The summed E-state index contributed by atoms with van der Waals surface area (Å²) in [5.41, 5.74) is 12.3. The number of rotatable bonds is 0. The van der Waals surface area contributed by atoms with E-state index < -0.39 is 0 Å². The van der Waals surface area contributed by atoms with E-state index >= 15 is 0 Å². The van der Waals surface area contributed by atoms with Gasteiger partial charge in [0.1, 0.15) is 5.52 Å². The zero-order valence-corrected chi connectivity index (χ0v) is 10.1. The Kier molecular flexibility index (Phi) is 2.86.